The molecule has 4 nitrogen and oxygen atoms in total. The maximum atomic E-state index is 12.5. The van der Waals surface area contributed by atoms with Crippen molar-refractivity contribution in [1.29, 1.82) is 0 Å². The Morgan fingerprint density at radius 1 is 1.53 bits per heavy atom. The highest BCUT2D eigenvalue weighted by atomic mass is 79.9. The first-order chi connectivity index (χ1) is 6.73. The van der Waals surface area contributed by atoms with E-state index in [2.05, 4.69) is 20.9 Å². The summed E-state index contributed by atoms with van der Waals surface area (Å²) in [5.74, 6) is 0. The highest BCUT2D eigenvalue weighted by Crippen LogP contribution is 2.30. The van der Waals surface area contributed by atoms with Crippen LogP contribution in [0.3, 0.4) is 0 Å². The molecule has 84 valence electrons. The SMILES string of the molecule is Cc1nc(S(N)(=O)=O)cc(Br)c1C(F)F. The molecule has 1 aromatic heterocycles. The lowest BCUT2D eigenvalue weighted by atomic mass is 10.2. The molecule has 0 atom stereocenters. The summed E-state index contributed by atoms with van der Waals surface area (Å²) in [6.07, 6.45) is -2.72. The maximum Gasteiger partial charge on any atom is 0.266 e. The van der Waals surface area contributed by atoms with Gasteiger partial charge in [-0.1, -0.05) is 15.9 Å². The molecule has 0 aromatic carbocycles. The van der Waals surface area contributed by atoms with E-state index in [-0.39, 0.29) is 15.7 Å². The highest BCUT2D eigenvalue weighted by molar-refractivity contribution is 9.10. The zero-order valence-corrected chi connectivity index (χ0v) is 9.94. The largest absolute Gasteiger partial charge is 0.266 e. The van der Waals surface area contributed by atoms with E-state index in [1.54, 1.807) is 0 Å². The van der Waals surface area contributed by atoms with Crippen LogP contribution in [0.4, 0.5) is 8.78 Å². The molecule has 0 saturated heterocycles. The molecule has 15 heavy (non-hydrogen) atoms. The minimum absolute atomic E-state index is 0.0194. The first kappa shape index (κ1) is 12.5. The second-order valence-corrected chi connectivity index (χ2v) is 5.15. The van der Waals surface area contributed by atoms with E-state index in [0.717, 1.165) is 6.07 Å². The van der Waals surface area contributed by atoms with E-state index in [1.165, 1.54) is 6.92 Å². The fourth-order valence-corrected chi connectivity index (χ4v) is 2.40. The van der Waals surface area contributed by atoms with Crippen LogP contribution < -0.4 is 5.14 Å². The minimum atomic E-state index is -3.98. The molecule has 0 aliphatic heterocycles. The van der Waals surface area contributed by atoms with Crippen LogP contribution in [0.5, 0.6) is 0 Å². The fraction of sp³-hybridized carbons (Fsp3) is 0.286. The Balaban J connectivity index is 3.45. The number of aryl methyl sites for hydroxylation is 1. The van der Waals surface area contributed by atoms with Crippen molar-refractivity contribution in [2.75, 3.05) is 0 Å². The number of rotatable bonds is 2. The molecule has 0 aliphatic rings. The predicted molar refractivity (Wildman–Crippen MR) is 53.0 cm³/mol. The van der Waals surface area contributed by atoms with Crippen molar-refractivity contribution >= 4 is 26.0 Å². The topological polar surface area (TPSA) is 73.0 Å². The molecule has 0 unspecified atom stereocenters. The van der Waals surface area contributed by atoms with Crippen molar-refractivity contribution in [1.82, 2.24) is 4.98 Å². The van der Waals surface area contributed by atoms with Crippen LogP contribution in [-0.4, -0.2) is 13.4 Å². The van der Waals surface area contributed by atoms with E-state index in [0.29, 0.717) is 0 Å². The van der Waals surface area contributed by atoms with Gasteiger partial charge in [-0.2, -0.15) is 0 Å². The number of aromatic nitrogens is 1. The van der Waals surface area contributed by atoms with Crippen molar-refractivity contribution in [3.63, 3.8) is 0 Å². The van der Waals surface area contributed by atoms with Crippen LogP contribution in [0.1, 0.15) is 17.7 Å². The van der Waals surface area contributed by atoms with Crippen LogP contribution in [0.25, 0.3) is 0 Å². The average molecular weight is 301 g/mol. The molecule has 1 rings (SSSR count). The molecule has 1 heterocycles. The van der Waals surface area contributed by atoms with E-state index in [4.69, 9.17) is 5.14 Å². The van der Waals surface area contributed by atoms with Gasteiger partial charge in [-0.15, -0.1) is 0 Å². The van der Waals surface area contributed by atoms with E-state index >= 15 is 0 Å². The van der Waals surface area contributed by atoms with Crippen molar-refractivity contribution < 1.29 is 17.2 Å². The van der Waals surface area contributed by atoms with Gasteiger partial charge in [0.15, 0.2) is 5.03 Å². The molecule has 2 N–H and O–H groups in total. The van der Waals surface area contributed by atoms with Crippen LogP contribution in [0.2, 0.25) is 0 Å². The van der Waals surface area contributed by atoms with Crippen molar-refractivity contribution in [2.24, 2.45) is 5.14 Å². The maximum absolute atomic E-state index is 12.5. The number of hydrogen-bond donors (Lipinski definition) is 1. The van der Waals surface area contributed by atoms with Gasteiger partial charge in [0.05, 0.1) is 5.56 Å². The highest BCUT2D eigenvalue weighted by Gasteiger charge is 2.20. The number of hydrogen-bond acceptors (Lipinski definition) is 3. The van der Waals surface area contributed by atoms with Gasteiger partial charge in [-0.05, 0) is 13.0 Å². The van der Waals surface area contributed by atoms with E-state index in [9.17, 15) is 17.2 Å². The Labute approximate surface area is 93.7 Å². The number of alkyl halides is 2. The number of sulfonamides is 1. The second kappa shape index (κ2) is 4.11. The lowest BCUT2D eigenvalue weighted by molar-refractivity contribution is 0.149. The molecule has 0 aliphatic carbocycles. The molecule has 0 radical (unpaired) electrons. The smallest absolute Gasteiger partial charge is 0.240 e. The summed E-state index contributed by atoms with van der Waals surface area (Å²) in [6, 6.07) is 0.962. The summed E-state index contributed by atoms with van der Waals surface area (Å²) in [5.41, 5.74) is -0.397. The Hall–Kier alpha value is -0.600. The monoisotopic (exact) mass is 300 g/mol. The standard InChI is InChI=1S/C7H7BrF2N2O2S/c1-3-6(7(9)10)4(8)2-5(12-3)15(11,13)14/h2,7H,1H3,(H2,11,13,14). The Morgan fingerprint density at radius 2 is 2.07 bits per heavy atom. The molecule has 0 spiro atoms. The number of nitrogens with two attached hydrogens (primary N) is 1. The van der Waals surface area contributed by atoms with Gasteiger partial charge in [-0.25, -0.2) is 27.3 Å². The lowest BCUT2D eigenvalue weighted by Gasteiger charge is -2.08. The van der Waals surface area contributed by atoms with Gasteiger partial charge >= 0.3 is 0 Å². The van der Waals surface area contributed by atoms with Crippen LogP contribution >= 0.6 is 15.9 Å². The normalized spacial score (nSPS) is 12.1. The zero-order valence-electron chi connectivity index (χ0n) is 7.54. The van der Waals surface area contributed by atoms with Crippen molar-refractivity contribution in [3.05, 3.63) is 21.8 Å². The molecule has 1 aromatic rings. The second-order valence-electron chi connectivity index (χ2n) is 2.79. The summed E-state index contributed by atoms with van der Waals surface area (Å²) in [4.78, 5) is 3.50. The Kier molecular flexibility index (Phi) is 3.41. The van der Waals surface area contributed by atoms with Crippen LogP contribution in [0, 0.1) is 6.92 Å². The van der Waals surface area contributed by atoms with Crippen molar-refractivity contribution in [2.45, 2.75) is 18.4 Å². The minimum Gasteiger partial charge on any atom is -0.240 e. The Morgan fingerprint density at radius 3 is 2.40 bits per heavy atom. The third-order valence-electron chi connectivity index (χ3n) is 1.68. The van der Waals surface area contributed by atoms with Crippen LogP contribution in [-0.2, 0) is 10.0 Å². The number of primary sulfonamides is 1. The number of nitrogens with zero attached hydrogens (tertiary/aromatic N) is 1. The predicted octanol–water partition coefficient (Wildman–Crippen LogP) is 1.74. The molecular formula is C7H7BrF2N2O2S. The molecular weight excluding hydrogens is 294 g/mol. The quantitative estimate of drug-likeness (QED) is 0.904. The third kappa shape index (κ3) is 2.70. The first-order valence-electron chi connectivity index (χ1n) is 3.71. The number of halogens is 3. The lowest BCUT2D eigenvalue weighted by Crippen LogP contribution is -2.15. The summed E-state index contributed by atoms with van der Waals surface area (Å²) < 4.78 is 46.8. The van der Waals surface area contributed by atoms with E-state index < -0.39 is 21.5 Å². The Bertz CT molecular complexity index is 467. The van der Waals surface area contributed by atoms with Gasteiger partial charge < -0.3 is 0 Å². The summed E-state index contributed by atoms with van der Waals surface area (Å²) >= 11 is 2.85. The molecule has 8 heteroatoms. The van der Waals surface area contributed by atoms with Gasteiger partial charge in [0.1, 0.15) is 0 Å². The van der Waals surface area contributed by atoms with Gasteiger partial charge in [0.25, 0.3) is 16.4 Å². The fourth-order valence-electron chi connectivity index (χ4n) is 1.02. The summed E-state index contributed by atoms with van der Waals surface area (Å²) in [7, 11) is -3.98. The zero-order chi connectivity index (χ0) is 11.8. The van der Waals surface area contributed by atoms with Crippen molar-refractivity contribution in [3.8, 4) is 0 Å². The molecule has 0 bridgehead atoms. The van der Waals surface area contributed by atoms with Gasteiger partial charge in [-0.3, -0.25) is 0 Å². The van der Waals surface area contributed by atoms with Crippen LogP contribution in [0.15, 0.2) is 15.6 Å². The summed E-state index contributed by atoms with van der Waals surface area (Å²) in [5, 5.41) is 4.39. The molecule has 0 amide bonds. The summed E-state index contributed by atoms with van der Waals surface area (Å²) in [6.45, 7) is 1.29. The van der Waals surface area contributed by atoms with E-state index in [1.807, 2.05) is 0 Å². The number of pyridine rings is 1. The third-order valence-corrected chi connectivity index (χ3v) is 3.13. The first-order valence-corrected chi connectivity index (χ1v) is 6.05. The average Bonchev–Trinajstić information content (AvgIpc) is 1.99. The molecule has 0 fully saturated rings. The molecule has 0 saturated carbocycles. The van der Waals surface area contributed by atoms with Gasteiger partial charge in [0.2, 0.25) is 0 Å². The van der Waals surface area contributed by atoms with Gasteiger partial charge in [0, 0.05) is 10.2 Å².